The van der Waals surface area contributed by atoms with Crippen molar-refractivity contribution in [2.75, 3.05) is 12.3 Å². The number of tetrazole rings is 1. The van der Waals surface area contributed by atoms with E-state index in [4.69, 9.17) is 0 Å². The predicted octanol–water partition coefficient (Wildman–Crippen LogP) is 1.56. The number of piperazine rings is 1. The first-order valence-corrected chi connectivity index (χ1v) is 11.0. The van der Waals surface area contributed by atoms with E-state index in [1.807, 2.05) is 32.0 Å². The Morgan fingerprint density at radius 2 is 1.87 bits per heavy atom. The second kappa shape index (κ2) is 8.17. The number of carbonyl (C=O) groups is 3. The molecule has 1 aromatic heterocycles. The number of benzene rings is 1. The van der Waals surface area contributed by atoms with Crippen molar-refractivity contribution in [3.63, 3.8) is 0 Å². The second-order valence-corrected chi connectivity index (χ2v) is 8.79. The van der Waals surface area contributed by atoms with Crippen LogP contribution in [-0.2, 0) is 14.4 Å². The van der Waals surface area contributed by atoms with Gasteiger partial charge in [-0.15, -0.1) is 5.10 Å². The van der Waals surface area contributed by atoms with E-state index in [1.165, 1.54) is 16.7 Å². The molecule has 1 aromatic carbocycles. The van der Waals surface area contributed by atoms with E-state index in [2.05, 4.69) is 20.8 Å². The number of imide groups is 1. The van der Waals surface area contributed by atoms with Crippen LogP contribution >= 0.6 is 11.8 Å². The Balaban J connectivity index is 1.55. The van der Waals surface area contributed by atoms with Gasteiger partial charge < -0.3 is 4.90 Å². The highest BCUT2D eigenvalue weighted by molar-refractivity contribution is 7.99. The molecule has 2 aliphatic rings. The van der Waals surface area contributed by atoms with Gasteiger partial charge in [0, 0.05) is 0 Å². The van der Waals surface area contributed by atoms with Gasteiger partial charge in [-0.1, -0.05) is 49.2 Å². The van der Waals surface area contributed by atoms with Crippen LogP contribution in [0.25, 0.3) is 5.69 Å². The quantitative estimate of drug-likeness (QED) is 0.581. The molecule has 1 saturated heterocycles. The van der Waals surface area contributed by atoms with Gasteiger partial charge >= 0.3 is 0 Å². The van der Waals surface area contributed by atoms with Crippen LogP contribution < -0.4 is 5.32 Å². The van der Waals surface area contributed by atoms with Crippen molar-refractivity contribution < 1.29 is 14.4 Å². The van der Waals surface area contributed by atoms with Gasteiger partial charge in [-0.2, -0.15) is 4.68 Å². The van der Waals surface area contributed by atoms with Crippen LogP contribution in [0.15, 0.2) is 23.4 Å². The molecule has 10 heteroatoms. The van der Waals surface area contributed by atoms with E-state index >= 15 is 0 Å². The normalized spacial score (nSPS) is 18.5. The molecule has 0 unspecified atom stereocenters. The van der Waals surface area contributed by atoms with E-state index in [0.29, 0.717) is 18.0 Å². The van der Waals surface area contributed by atoms with E-state index in [0.717, 1.165) is 36.1 Å². The minimum absolute atomic E-state index is 0.0492. The Labute approximate surface area is 178 Å². The largest absolute Gasteiger partial charge is 0.318 e. The van der Waals surface area contributed by atoms with Crippen LogP contribution in [0.1, 0.15) is 43.2 Å². The third-order valence-corrected chi connectivity index (χ3v) is 6.80. The number of amides is 3. The lowest BCUT2D eigenvalue weighted by Gasteiger charge is -2.47. The average Bonchev–Trinajstić information content (AvgIpc) is 3.18. The summed E-state index contributed by atoms with van der Waals surface area (Å²) in [5.41, 5.74) is 2.01. The van der Waals surface area contributed by atoms with Gasteiger partial charge in [-0.05, 0) is 48.2 Å². The van der Waals surface area contributed by atoms with E-state index in [-0.39, 0.29) is 24.1 Å². The van der Waals surface area contributed by atoms with Crippen molar-refractivity contribution in [1.29, 1.82) is 0 Å². The smallest absolute Gasteiger partial charge is 0.252 e. The molecule has 0 radical (unpaired) electrons. The average molecular weight is 429 g/mol. The molecular formula is C20H24N6O3S. The van der Waals surface area contributed by atoms with E-state index < -0.39 is 11.4 Å². The van der Waals surface area contributed by atoms with E-state index in [1.54, 1.807) is 4.68 Å². The molecule has 158 valence electrons. The number of thioether (sulfide) groups is 1. The van der Waals surface area contributed by atoms with Gasteiger partial charge in [-0.3, -0.25) is 19.7 Å². The van der Waals surface area contributed by atoms with Gasteiger partial charge in [0.05, 0.1) is 11.4 Å². The van der Waals surface area contributed by atoms with Crippen LogP contribution in [0.4, 0.5) is 0 Å². The number of para-hydroxylation sites is 1. The topological polar surface area (TPSA) is 110 Å². The molecule has 0 atom stereocenters. The zero-order valence-electron chi connectivity index (χ0n) is 17.1. The lowest BCUT2D eigenvalue weighted by molar-refractivity contribution is -0.158. The number of hydrogen-bond donors (Lipinski definition) is 1. The van der Waals surface area contributed by atoms with Crippen LogP contribution in [0.5, 0.6) is 0 Å². The monoisotopic (exact) mass is 428 g/mol. The molecule has 1 spiro atoms. The molecule has 30 heavy (non-hydrogen) atoms. The fraction of sp³-hybridized carbons (Fsp3) is 0.500. The maximum Gasteiger partial charge on any atom is 0.252 e. The lowest BCUT2D eigenvalue weighted by atomic mass is 9.78. The summed E-state index contributed by atoms with van der Waals surface area (Å²) in [6, 6.07) is 5.93. The van der Waals surface area contributed by atoms with Gasteiger partial charge in [0.2, 0.25) is 17.0 Å². The lowest BCUT2D eigenvalue weighted by Crippen LogP contribution is -2.69. The number of nitrogens with zero attached hydrogens (tertiary/aromatic N) is 5. The van der Waals surface area contributed by atoms with Crippen LogP contribution in [0.2, 0.25) is 0 Å². The predicted molar refractivity (Wildman–Crippen MR) is 110 cm³/mol. The highest BCUT2D eigenvalue weighted by atomic mass is 32.2. The number of rotatable bonds is 4. The SMILES string of the molecule is Cc1cccc(C)c1-n1nnnc1SCC(=O)N1CC(=O)NC(=O)C12CCCCC2. The maximum atomic E-state index is 13.1. The number of hydrogen-bond acceptors (Lipinski definition) is 7. The first-order chi connectivity index (χ1) is 14.4. The first kappa shape index (κ1) is 20.5. The minimum Gasteiger partial charge on any atom is -0.318 e. The molecule has 2 heterocycles. The maximum absolute atomic E-state index is 13.1. The highest BCUT2D eigenvalue weighted by Gasteiger charge is 2.50. The zero-order valence-corrected chi connectivity index (χ0v) is 17.9. The van der Waals surface area contributed by atoms with Crippen molar-refractivity contribution in [3.8, 4) is 5.69 Å². The molecule has 9 nitrogen and oxygen atoms in total. The summed E-state index contributed by atoms with van der Waals surface area (Å²) in [4.78, 5) is 39.3. The molecule has 1 aliphatic heterocycles. The van der Waals surface area contributed by atoms with E-state index in [9.17, 15) is 14.4 Å². The Bertz CT molecular complexity index is 978. The number of nitrogens with one attached hydrogen (secondary N) is 1. The molecule has 2 fully saturated rings. The van der Waals surface area contributed by atoms with Crippen molar-refractivity contribution in [2.45, 2.75) is 56.6 Å². The molecule has 4 rings (SSSR count). The fourth-order valence-corrected chi connectivity index (χ4v) is 5.17. The highest BCUT2D eigenvalue weighted by Crippen LogP contribution is 2.36. The van der Waals surface area contributed by atoms with Crippen LogP contribution in [-0.4, -0.2) is 60.7 Å². The third kappa shape index (κ3) is 3.60. The Kier molecular flexibility index (Phi) is 5.59. The summed E-state index contributed by atoms with van der Waals surface area (Å²) in [7, 11) is 0. The molecule has 1 N–H and O–H groups in total. The molecule has 1 aliphatic carbocycles. The van der Waals surface area contributed by atoms with Crippen molar-refractivity contribution >= 4 is 29.5 Å². The molecule has 3 amide bonds. The van der Waals surface area contributed by atoms with Crippen molar-refractivity contribution in [3.05, 3.63) is 29.3 Å². The summed E-state index contributed by atoms with van der Waals surface area (Å²) >= 11 is 1.21. The summed E-state index contributed by atoms with van der Waals surface area (Å²) in [6.07, 6.45) is 3.93. The minimum atomic E-state index is -0.914. The van der Waals surface area contributed by atoms with Crippen molar-refractivity contribution in [1.82, 2.24) is 30.4 Å². The number of aromatic nitrogens is 4. The number of carbonyl (C=O) groups excluding carboxylic acids is 3. The number of aryl methyl sites for hydroxylation is 2. The third-order valence-electron chi connectivity index (χ3n) is 5.89. The summed E-state index contributed by atoms with van der Waals surface area (Å²) < 4.78 is 1.63. The fourth-order valence-electron chi connectivity index (χ4n) is 4.41. The Hall–Kier alpha value is -2.75. The molecule has 0 bridgehead atoms. The summed E-state index contributed by atoms with van der Waals surface area (Å²) in [6.45, 7) is 3.87. The molecule has 2 aromatic rings. The Morgan fingerprint density at radius 3 is 2.57 bits per heavy atom. The Morgan fingerprint density at radius 1 is 1.17 bits per heavy atom. The standard InChI is InChI=1S/C20H24N6O3S/c1-13-7-6-8-14(2)17(13)26-19(22-23-24-26)30-12-16(28)25-11-15(27)21-18(29)20(25)9-4-3-5-10-20/h6-8H,3-5,9-12H2,1-2H3,(H,21,27,29). The van der Waals surface area contributed by atoms with Gasteiger partial charge in [0.1, 0.15) is 12.1 Å². The second-order valence-electron chi connectivity index (χ2n) is 7.85. The molecular weight excluding hydrogens is 404 g/mol. The molecule has 1 saturated carbocycles. The van der Waals surface area contributed by atoms with Gasteiger partial charge in [0.25, 0.3) is 5.91 Å². The van der Waals surface area contributed by atoms with Crippen LogP contribution in [0, 0.1) is 13.8 Å². The first-order valence-electron chi connectivity index (χ1n) is 10.0. The summed E-state index contributed by atoms with van der Waals surface area (Å²) in [5, 5.41) is 14.9. The van der Waals surface area contributed by atoms with Gasteiger partial charge in [-0.25, -0.2) is 0 Å². The van der Waals surface area contributed by atoms with Gasteiger partial charge in [0.15, 0.2) is 0 Å². The zero-order chi connectivity index (χ0) is 21.3. The van der Waals surface area contributed by atoms with Crippen LogP contribution in [0.3, 0.4) is 0 Å². The summed E-state index contributed by atoms with van der Waals surface area (Å²) in [5.74, 6) is -0.985. The van der Waals surface area contributed by atoms with Crippen molar-refractivity contribution in [2.24, 2.45) is 0 Å².